The van der Waals surface area contributed by atoms with Crippen LogP contribution >= 0.6 is 11.3 Å². The number of alkyl halides is 3. The van der Waals surface area contributed by atoms with E-state index in [9.17, 15) is 27.9 Å². The fourth-order valence-electron chi connectivity index (χ4n) is 2.96. The molecule has 138 valence electrons. The Kier molecular flexibility index (Phi) is 4.53. The Balaban J connectivity index is 2.14. The normalized spacial score (nSPS) is 26.1. The van der Waals surface area contributed by atoms with E-state index in [1.165, 1.54) is 29.6 Å². The highest BCUT2D eigenvalue weighted by Crippen LogP contribution is 2.44. The molecule has 2 aromatic rings. The topological polar surface area (TPSA) is 78.4 Å². The van der Waals surface area contributed by atoms with Gasteiger partial charge in [-0.2, -0.15) is 13.2 Å². The molecule has 0 aliphatic carbocycles. The van der Waals surface area contributed by atoms with Gasteiger partial charge in [-0.15, -0.1) is 11.3 Å². The zero-order valence-corrected chi connectivity index (χ0v) is 14.3. The molecule has 1 fully saturated rings. The minimum absolute atomic E-state index is 0.0627. The molecule has 1 aliphatic heterocycles. The van der Waals surface area contributed by atoms with E-state index in [1.807, 2.05) is 0 Å². The summed E-state index contributed by atoms with van der Waals surface area (Å²) < 4.78 is 41.0. The molecular weight excluding hydrogens is 369 g/mol. The second kappa shape index (κ2) is 6.40. The van der Waals surface area contributed by atoms with Gasteiger partial charge in [0.05, 0.1) is 10.9 Å². The van der Waals surface area contributed by atoms with Gasteiger partial charge in [0, 0.05) is 0 Å². The van der Waals surface area contributed by atoms with Gasteiger partial charge in [-0.1, -0.05) is 35.9 Å². The van der Waals surface area contributed by atoms with Gasteiger partial charge in [-0.3, -0.25) is 4.79 Å². The van der Waals surface area contributed by atoms with E-state index in [0.717, 1.165) is 16.9 Å². The highest BCUT2D eigenvalue weighted by atomic mass is 32.1. The van der Waals surface area contributed by atoms with Crippen molar-refractivity contribution in [2.75, 3.05) is 0 Å². The third kappa shape index (κ3) is 3.08. The molecular formula is C17H15F3N2O3S. The number of benzene rings is 1. The van der Waals surface area contributed by atoms with Crippen molar-refractivity contribution in [2.45, 2.75) is 24.9 Å². The third-order valence-electron chi connectivity index (χ3n) is 4.29. The zero-order valence-electron chi connectivity index (χ0n) is 13.5. The van der Waals surface area contributed by atoms with Crippen molar-refractivity contribution in [3.63, 3.8) is 0 Å². The summed E-state index contributed by atoms with van der Waals surface area (Å²) in [6.07, 6.45) is -5.24. The Morgan fingerprint density at radius 2 is 1.88 bits per heavy atom. The van der Waals surface area contributed by atoms with Gasteiger partial charge in [0.1, 0.15) is 5.92 Å². The number of amides is 2. The van der Waals surface area contributed by atoms with Gasteiger partial charge in [0.25, 0.3) is 0 Å². The number of thiophene rings is 1. The monoisotopic (exact) mass is 384 g/mol. The number of aryl methyl sites for hydroxylation is 1. The van der Waals surface area contributed by atoms with Gasteiger partial charge >= 0.3 is 12.2 Å². The Labute approximate surface area is 150 Å². The molecule has 0 bridgehead atoms. The first kappa shape index (κ1) is 18.4. The SMILES string of the molecule is Cc1ccc([C@@H]2NC(=O)N[C@](O)(C(F)(F)F)[C@H]2C(=O)c2cccs2)cc1. The highest BCUT2D eigenvalue weighted by Gasteiger charge is 2.66. The standard InChI is InChI=1S/C17H15F3N2O3S/c1-9-4-6-10(7-5-9)13-12(14(23)11-3-2-8-26-11)16(25,17(18,19)20)22-15(24)21-13/h2-8,12-13,25H,1H3,(H2,21,22,24)/t12-,13+,16-/m1/s1. The van der Waals surface area contributed by atoms with Gasteiger partial charge in [-0.25, -0.2) is 4.79 Å². The van der Waals surface area contributed by atoms with Crippen LogP contribution < -0.4 is 10.6 Å². The number of hydrogen-bond donors (Lipinski definition) is 3. The summed E-state index contributed by atoms with van der Waals surface area (Å²) in [7, 11) is 0. The van der Waals surface area contributed by atoms with Crippen molar-refractivity contribution in [1.82, 2.24) is 10.6 Å². The van der Waals surface area contributed by atoms with Crippen LogP contribution in [-0.2, 0) is 0 Å². The first-order valence-electron chi connectivity index (χ1n) is 7.65. The molecule has 0 unspecified atom stereocenters. The predicted molar refractivity (Wildman–Crippen MR) is 88.7 cm³/mol. The molecule has 0 saturated carbocycles. The third-order valence-corrected chi connectivity index (χ3v) is 5.17. The van der Waals surface area contributed by atoms with Gasteiger partial charge in [0.15, 0.2) is 5.78 Å². The summed E-state index contributed by atoms with van der Waals surface area (Å²) in [5, 5.41) is 15.8. The van der Waals surface area contributed by atoms with Gasteiger partial charge in [0.2, 0.25) is 5.72 Å². The van der Waals surface area contributed by atoms with E-state index in [-0.39, 0.29) is 4.88 Å². The minimum atomic E-state index is -5.24. The van der Waals surface area contributed by atoms with Crippen LogP contribution in [0.25, 0.3) is 0 Å². The van der Waals surface area contributed by atoms with E-state index in [0.29, 0.717) is 5.56 Å². The molecule has 1 aliphatic rings. The van der Waals surface area contributed by atoms with Crippen LogP contribution in [-0.4, -0.2) is 28.8 Å². The lowest BCUT2D eigenvalue weighted by Crippen LogP contribution is -2.72. The first-order valence-corrected chi connectivity index (χ1v) is 8.53. The molecule has 3 atom stereocenters. The molecule has 1 aromatic heterocycles. The fraction of sp³-hybridized carbons (Fsp3) is 0.294. The summed E-state index contributed by atoms with van der Waals surface area (Å²) in [6.45, 7) is 1.80. The summed E-state index contributed by atoms with van der Waals surface area (Å²) in [5.41, 5.74) is -2.53. The molecule has 1 saturated heterocycles. The van der Waals surface area contributed by atoms with Crippen molar-refractivity contribution in [1.29, 1.82) is 0 Å². The van der Waals surface area contributed by atoms with Gasteiger partial charge < -0.3 is 15.7 Å². The minimum Gasteiger partial charge on any atom is -0.363 e. The molecule has 9 heteroatoms. The van der Waals surface area contributed by atoms with Crippen LogP contribution in [0.2, 0.25) is 0 Å². The maximum absolute atomic E-state index is 13.7. The molecule has 26 heavy (non-hydrogen) atoms. The van der Waals surface area contributed by atoms with Crippen LogP contribution in [0.4, 0.5) is 18.0 Å². The molecule has 0 spiro atoms. The Morgan fingerprint density at radius 3 is 2.42 bits per heavy atom. The van der Waals surface area contributed by atoms with Crippen molar-refractivity contribution < 1.29 is 27.9 Å². The average Bonchev–Trinajstić information content (AvgIpc) is 3.08. The second-order valence-corrected chi connectivity index (χ2v) is 7.02. The highest BCUT2D eigenvalue weighted by molar-refractivity contribution is 7.12. The number of Topliss-reactive ketones (excluding diaryl/α,β-unsaturated/α-hetero) is 1. The lowest BCUT2D eigenvalue weighted by Gasteiger charge is -2.44. The van der Waals surface area contributed by atoms with Crippen LogP contribution in [0.3, 0.4) is 0 Å². The zero-order chi connectivity index (χ0) is 19.1. The van der Waals surface area contributed by atoms with E-state index < -0.39 is 35.7 Å². The molecule has 5 nitrogen and oxygen atoms in total. The number of urea groups is 1. The number of carbonyl (C=O) groups excluding carboxylic acids is 2. The summed E-state index contributed by atoms with van der Waals surface area (Å²) in [4.78, 5) is 24.7. The van der Waals surface area contributed by atoms with Crippen LogP contribution in [0.15, 0.2) is 41.8 Å². The maximum Gasteiger partial charge on any atom is 0.437 e. The Bertz CT molecular complexity index is 821. The van der Waals surface area contributed by atoms with Crippen LogP contribution in [0.1, 0.15) is 26.8 Å². The first-order chi connectivity index (χ1) is 12.1. The van der Waals surface area contributed by atoms with Crippen LogP contribution in [0.5, 0.6) is 0 Å². The van der Waals surface area contributed by atoms with Crippen molar-refractivity contribution in [2.24, 2.45) is 5.92 Å². The van der Waals surface area contributed by atoms with E-state index in [1.54, 1.807) is 24.4 Å². The second-order valence-electron chi connectivity index (χ2n) is 6.07. The fourth-order valence-corrected chi connectivity index (χ4v) is 3.67. The number of ketones is 1. The number of nitrogens with one attached hydrogen (secondary N) is 2. The van der Waals surface area contributed by atoms with Crippen molar-refractivity contribution in [3.05, 3.63) is 57.8 Å². The van der Waals surface area contributed by atoms with Crippen molar-refractivity contribution >= 4 is 23.2 Å². The lowest BCUT2D eigenvalue weighted by molar-refractivity contribution is -0.287. The average molecular weight is 384 g/mol. The van der Waals surface area contributed by atoms with E-state index in [4.69, 9.17) is 0 Å². The smallest absolute Gasteiger partial charge is 0.363 e. The molecule has 1 aromatic carbocycles. The molecule has 3 rings (SSSR count). The largest absolute Gasteiger partial charge is 0.437 e. The molecule has 2 heterocycles. The predicted octanol–water partition coefficient (Wildman–Crippen LogP) is 3.16. The number of carbonyl (C=O) groups is 2. The number of halogens is 3. The molecule has 2 amide bonds. The van der Waals surface area contributed by atoms with Crippen LogP contribution in [0, 0.1) is 12.8 Å². The van der Waals surface area contributed by atoms with Crippen molar-refractivity contribution in [3.8, 4) is 0 Å². The summed E-state index contributed by atoms with van der Waals surface area (Å²) in [5.74, 6) is -2.89. The molecule has 0 radical (unpaired) electrons. The maximum atomic E-state index is 13.7. The lowest BCUT2D eigenvalue weighted by atomic mass is 9.78. The van der Waals surface area contributed by atoms with E-state index in [2.05, 4.69) is 5.32 Å². The summed E-state index contributed by atoms with van der Waals surface area (Å²) >= 11 is 0.968. The molecule has 3 N–H and O–H groups in total. The summed E-state index contributed by atoms with van der Waals surface area (Å²) in [6, 6.07) is 6.73. The van der Waals surface area contributed by atoms with E-state index >= 15 is 0 Å². The number of rotatable bonds is 3. The quantitative estimate of drug-likeness (QED) is 0.712. The Morgan fingerprint density at radius 1 is 1.23 bits per heavy atom. The number of hydrogen-bond acceptors (Lipinski definition) is 4. The number of aliphatic hydroxyl groups is 1. The Hall–Kier alpha value is -2.39. The van der Waals surface area contributed by atoms with Gasteiger partial charge in [-0.05, 0) is 23.9 Å².